The molecule has 1 atom stereocenters. The van der Waals surface area contributed by atoms with Crippen LogP contribution in [0.4, 0.5) is 0 Å². The van der Waals surface area contributed by atoms with Crippen molar-refractivity contribution in [2.24, 2.45) is 5.92 Å². The van der Waals surface area contributed by atoms with Crippen molar-refractivity contribution in [2.75, 3.05) is 0 Å². The molecule has 126 valence electrons. The molecule has 0 aliphatic heterocycles. The van der Waals surface area contributed by atoms with Crippen LogP contribution in [0.15, 0.2) is 0 Å². The summed E-state index contributed by atoms with van der Waals surface area (Å²) in [4.78, 5) is 44.5. The van der Waals surface area contributed by atoms with Crippen molar-refractivity contribution in [1.82, 2.24) is 0 Å². The number of carbonyl (C=O) groups is 4. The molecular weight excluding hydrogens is 284 g/mol. The average Bonchev–Trinajstić information content (AvgIpc) is 2.42. The van der Waals surface area contributed by atoms with Crippen molar-refractivity contribution in [2.45, 2.75) is 78.1 Å². The molecule has 0 fully saturated rings. The summed E-state index contributed by atoms with van der Waals surface area (Å²) in [5, 5.41) is 9.10. The Morgan fingerprint density at radius 3 is 1.73 bits per heavy atom. The monoisotopic (exact) mass is 312 g/mol. The molecule has 0 spiro atoms. The summed E-state index contributed by atoms with van der Waals surface area (Å²) >= 11 is 0. The largest absolute Gasteiger partial charge is 0.481 e. The minimum absolute atomic E-state index is 0.0251. The second kappa shape index (κ2) is 12.1. The second-order valence-electron chi connectivity index (χ2n) is 5.92. The van der Waals surface area contributed by atoms with E-state index in [1.54, 1.807) is 6.92 Å². The van der Waals surface area contributed by atoms with E-state index in [0.717, 1.165) is 32.1 Å². The Morgan fingerprint density at radius 2 is 1.23 bits per heavy atom. The van der Waals surface area contributed by atoms with Gasteiger partial charge in [-0.2, -0.15) is 0 Å². The van der Waals surface area contributed by atoms with Crippen molar-refractivity contribution >= 4 is 23.3 Å². The molecule has 5 nitrogen and oxygen atoms in total. The lowest BCUT2D eigenvalue weighted by atomic mass is 9.93. The lowest BCUT2D eigenvalue weighted by Crippen LogP contribution is -2.24. The van der Waals surface area contributed by atoms with Gasteiger partial charge in [-0.05, 0) is 26.7 Å². The highest BCUT2D eigenvalue weighted by molar-refractivity contribution is 5.99. The van der Waals surface area contributed by atoms with Crippen LogP contribution in [0.3, 0.4) is 0 Å². The first-order valence-corrected chi connectivity index (χ1v) is 8.09. The Labute approximate surface area is 132 Å². The van der Waals surface area contributed by atoms with Crippen molar-refractivity contribution in [3.63, 3.8) is 0 Å². The Balaban J connectivity index is 3.82. The van der Waals surface area contributed by atoms with E-state index in [9.17, 15) is 19.2 Å². The van der Waals surface area contributed by atoms with E-state index in [2.05, 4.69) is 0 Å². The Hall–Kier alpha value is -1.52. The number of carboxylic acid groups (broad SMARTS) is 1. The van der Waals surface area contributed by atoms with Crippen LogP contribution in [0.25, 0.3) is 0 Å². The van der Waals surface area contributed by atoms with Gasteiger partial charge >= 0.3 is 5.97 Å². The summed E-state index contributed by atoms with van der Waals surface area (Å²) < 4.78 is 0. The summed E-state index contributed by atoms with van der Waals surface area (Å²) in [6.45, 7) is 2.99. The molecule has 0 saturated heterocycles. The third-order valence-corrected chi connectivity index (χ3v) is 3.68. The quantitative estimate of drug-likeness (QED) is 0.392. The fraction of sp³-hybridized carbons (Fsp3) is 0.765. The number of unbranched alkanes of at least 4 members (excludes halogenated alkanes) is 5. The SMILES string of the molecule is CC(=O)CCCCCCCCC(C(=O)O)C(=O)CCC(C)=O. The van der Waals surface area contributed by atoms with Crippen LogP contribution >= 0.6 is 0 Å². The predicted octanol–water partition coefficient (Wildman–Crippen LogP) is 3.34. The van der Waals surface area contributed by atoms with Crippen LogP contribution < -0.4 is 0 Å². The van der Waals surface area contributed by atoms with E-state index in [1.807, 2.05) is 0 Å². The maximum atomic E-state index is 11.8. The maximum Gasteiger partial charge on any atom is 0.314 e. The van der Waals surface area contributed by atoms with Crippen molar-refractivity contribution in [1.29, 1.82) is 0 Å². The maximum absolute atomic E-state index is 11.8. The molecule has 0 aliphatic carbocycles. The topological polar surface area (TPSA) is 88.5 Å². The Morgan fingerprint density at radius 1 is 0.727 bits per heavy atom. The molecule has 1 unspecified atom stereocenters. The third-order valence-electron chi connectivity index (χ3n) is 3.68. The van der Waals surface area contributed by atoms with Gasteiger partial charge in [0.2, 0.25) is 0 Å². The first-order chi connectivity index (χ1) is 10.3. The molecule has 0 rings (SSSR count). The predicted molar refractivity (Wildman–Crippen MR) is 83.7 cm³/mol. The number of rotatable bonds is 14. The average molecular weight is 312 g/mol. The first-order valence-electron chi connectivity index (χ1n) is 8.09. The smallest absolute Gasteiger partial charge is 0.314 e. The fourth-order valence-electron chi connectivity index (χ4n) is 2.33. The van der Waals surface area contributed by atoms with Crippen LogP contribution in [0.5, 0.6) is 0 Å². The van der Waals surface area contributed by atoms with E-state index in [0.29, 0.717) is 19.3 Å². The number of Topliss-reactive ketones (excluding diaryl/α,β-unsaturated/α-hetero) is 3. The van der Waals surface area contributed by atoms with E-state index in [-0.39, 0.29) is 30.2 Å². The summed E-state index contributed by atoms with van der Waals surface area (Å²) in [5.41, 5.74) is 0. The second-order valence-corrected chi connectivity index (χ2v) is 5.92. The standard InChI is InChI=1S/C17H28O5/c1-13(18)9-7-5-3-4-6-8-10-15(17(21)22)16(20)12-11-14(2)19/h15H,3-12H2,1-2H3,(H,21,22). The minimum atomic E-state index is -1.09. The van der Waals surface area contributed by atoms with Gasteiger partial charge in [0, 0.05) is 19.3 Å². The highest BCUT2D eigenvalue weighted by Gasteiger charge is 2.25. The molecule has 0 aromatic heterocycles. The number of carbonyl (C=O) groups excluding carboxylic acids is 3. The minimum Gasteiger partial charge on any atom is -0.481 e. The van der Waals surface area contributed by atoms with E-state index in [4.69, 9.17) is 5.11 Å². The van der Waals surface area contributed by atoms with E-state index in [1.165, 1.54) is 6.92 Å². The number of ketones is 3. The van der Waals surface area contributed by atoms with E-state index >= 15 is 0 Å². The van der Waals surface area contributed by atoms with Gasteiger partial charge < -0.3 is 14.7 Å². The number of hydrogen-bond donors (Lipinski definition) is 1. The molecule has 0 amide bonds. The number of aliphatic carboxylic acids is 1. The fourth-order valence-corrected chi connectivity index (χ4v) is 2.33. The van der Waals surface area contributed by atoms with Crippen molar-refractivity contribution < 1.29 is 24.3 Å². The summed E-state index contributed by atoms with van der Waals surface area (Å²) in [6.07, 6.45) is 6.67. The zero-order valence-electron chi connectivity index (χ0n) is 13.7. The molecule has 0 saturated carbocycles. The third kappa shape index (κ3) is 11.2. The summed E-state index contributed by atoms with van der Waals surface area (Å²) in [5.74, 6) is -2.28. The van der Waals surface area contributed by atoms with E-state index < -0.39 is 11.9 Å². The summed E-state index contributed by atoms with van der Waals surface area (Å²) in [6, 6.07) is 0. The van der Waals surface area contributed by atoms with Crippen LogP contribution in [0, 0.1) is 5.92 Å². The normalized spacial score (nSPS) is 11.9. The zero-order valence-corrected chi connectivity index (χ0v) is 13.7. The van der Waals surface area contributed by atoms with Gasteiger partial charge in [0.05, 0.1) is 0 Å². The van der Waals surface area contributed by atoms with Gasteiger partial charge in [-0.25, -0.2) is 0 Å². The van der Waals surface area contributed by atoms with Gasteiger partial charge in [-0.15, -0.1) is 0 Å². The lowest BCUT2D eigenvalue weighted by Gasteiger charge is -2.10. The Bertz CT molecular complexity index is 387. The number of hydrogen-bond acceptors (Lipinski definition) is 4. The zero-order chi connectivity index (χ0) is 17.0. The molecule has 5 heteroatoms. The lowest BCUT2D eigenvalue weighted by molar-refractivity contribution is -0.147. The van der Waals surface area contributed by atoms with Crippen molar-refractivity contribution in [3.8, 4) is 0 Å². The molecule has 1 N–H and O–H groups in total. The van der Waals surface area contributed by atoms with Gasteiger partial charge in [-0.1, -0.05) is 32.1 Å². The van der Waals surface area contributed by atoms with Gasteiger partial charge in [0.1, 0.15) is 23.3 Å². The van der Waals surface area contributed by atoms with Crippen LogP contribution in [0.2, 0.25) is 0 Å². The molecule has 0 aromatic rings. The summed E-state index contributed by atoms with van der Waals surface area (Å²) in [7, 11) is 0. The molecular formula is C17H28O5. The molecule has 0 radical (unpaired) electrons. The molecule has 0 bridgehead atoms. The Kier molecular flexibility index (Phi) is 11.2. The molecule has 22 heavy (non-hydrogen) atoms. The highest BCUT2D eigenvalue weighted by Crippen LogP contribution is 2.16. The van der Waals surface area contributed by atoms with Crippen LogP contribution in [-0.2, 0) is 19.2 Å². The highest BCUT2D eigenvalue weighted by atomic mass is 16.4. The van der Waals surface area contributed by atoms with Gasteiger partial charge in [0.25, 0.3) is 0 Å². The molecule has 0 aromatic carbocycles. The van der Waals surface area contributed by atoms with Crippen LogP contribution in [0.1, 0.15) is 78.1 Å². The van der Waals surface area contributed by atoms with Gasteiger partial charge in [-0.3, -0.25) is 9.59 Å². The first kappa shape index (κ1) is 20.5. The van der Waals surface area contributed by atoms with Crippen molar-refractivity contribution in [3.05, 3.63) is 0 Å². The molecule has 0 aliphatic rings. The molecule has 0 heterocycles. The van der Waals surface area contributed by atoms with Gasteiger partial charge in [0.15, 0.2) is 0 Å². The van der Waals surface area contributed by atoms with Crippen LogP contribution in [-0.4, -0.2) is 28.4 Å². The number of carboxylic acids is 1.